The summed E-state index contributed by atoms with van der Waals surface area (Å²) in [6, 6.07) is 67.5. The molecule has 0 atom stereocenters. The molecule has 5 nitrogen and oxygen atoms in total. The SMILES string of the molecule is c1ccc(-c2nc(-c3ccccc3)nc(-c3ccc(-c4ccccc4)c(-n4c5ccccc5c5ccc(-c6cccc7c6oc6ccccc67)cc54)c3)n2)cc1. The standard InChI is InChI=1S/C51H32N4O/c1-4-15-33(16-5-1)38-29-28-37(51-53-49(34-17-6-2-7-18-34)52-50(54-51)35-19-8-3-9-20-35)32-45(38)55-44-25-12-10-21-40(44)41-30-27-36(31-46(41)55)39-23-14-24-43-42-22-11-13-26-47(42)56-48(39)43/h1-32H. The highest BCUT2D eigenvalue weighted by molar-refractivity contribution is 6.13. The van der Waals surface area contributed by atoms with Crippen molar-refractivity contribution >= 4 is 43.7 Å². The fourth-order valence-corrected chi connectivity index (χ4v) is 8.03. The second-order valence-corrected chi connectivity index (χ2v) is 14.0. The Balaban J connectivity index is 1.18. The Morgan fingerprint density at radius 3 is 1.61 bits per heavy atom. The molecule has 8 aromatic carbocycles. The molecule has 0 aliphatic carbocycles. The molecule has 0 aliphatic rings. The number of fused-ring (bicyclic) bond motifs is 6. The summed E-state index contributed by atoms with van der Waals surface area (Å²) >= 11 is 0. The van der Waals surface area contributed by atoms with Crippen LogP contribution in [0.4, 0.5) is 0 Å². The third kappa shape index (κ3) is 5.29. The third-order valence-electron chi connectivity index (χ3n) is 10.7. The van der Waals surface area contributed by atoms with Gasteiger partial charge in [-0.3, -0.25) is 0 Å². The molecule has 0 saturated carbocycles. The second kappa shape index (κ2) is 13.0. The van der Waals surface area contributed by atoms with Gasteiger partial charge in [-0.2, -0.15) is 0 Å². The molecule has 11 aromatic rings. The molecule has 0 spiro atoms. The van der Waals surface area contributed by atoms with Crippen molar-refractivity contribution in [1.82, 2.24) is 19.5 Å². The molecule has 5 heteroatoms. The predicted molar refractivity (Wildman–Crippen MR) is 229 cm³/mol. The van der Waals surface area contributed by atoms with Crippen LogP contribution < -0.4 is 0 Å². The maximum Gasteiger partial charge on any atom is 0.164 e. The second-order valence-electron chi connectivity index (χ2n) is 14.0. The van der Waals surface area contributed by atoms with Crippen LogP contribution >= 0.6 is 0 Å². The lowest BCUT2D eigenvalue weighted by molar-refractivity contribution is 0.670. The Bertz CT molecular complexity index is 3180. The number of para-hydroxylation sites is 3. The topological polar surface area (TPSA) is 56.7 Å². The molecule has 11 rings (SSSR count). The monoisotopic (exact) mass is 716 g/mol. The van der Waals surface area contributed by atoms with Crippen molar-refractivity contribution in [3.05, 3.63) is 194 Å². The summed E-state index contributed by atoms with van der Waals surface area (Å²) < 4.78 is 8.92. The van der Waals surface area contributed by atoms with Crippen molar-refractivity contribution in [3.63, 3.8) is 0 Å². The number of aromatic nitrogens is 4. The predicted octanol–water partition coefficient (Wildman–Crippen LogP) is 13.2. The molecule has 262 valence electrons. The molecule has 0 saturated heterocycles. The number of nitrogens with zero attached hydrogens (tertiary/aromatic N) is 4. The molecule has 0 radical (unpaired) electrons. The lowest BCUT2D eigenvalue weighted by Gasteiger charge is -2.17. The minimum absolute atomic E-state index is 0.608. The molecule has 0 aliphatic heterocycles. The highest BCUT2D eigenvalue weighted by atomic mass is 16.3. The van der Waals surface area contributed by atoms with Gasteiger partial charge in [0.1, 0.15) is 11.2 Å². The van der Waals surface area contributed by atoms with Crippen LogP contribution in [0.25, 0.3) is 106 Å². The van der Waals surface area contributed by atoms with Gasteiger partial charge >= 0.3 is 0 Å². The lowest BCUT2D eigenvalue weighted by Crippen LogP contribution is -2.02. The van der Waals surface area contributed by atoms with E-state index in [4.69, 9.17) is 19.4 Å². The van der Waals surface area contributed by atoms with Gasteiger partial charge in [0.15, 0.2) is 17.5 Å². The van der Waals surface area contributed by atoms with Crippen molar-refractivity contribution in [2.75, 3.05) is 0 Å². The van der Waals surface area contributed by atoms with Crippen LogP contribution in [0.15, 0.2) is 199 Å². The number of rotatable bonds is 6. The van der Waals surface area contributed by atoms with Crippen LogP contribution in [0, 0.1) is 0 Å². The van der Waals surface area contributed by atoms with Gasteiger partial charge in [-0.15, -0.1) is 0 Å². The van der Waals surface area contributed by atoms with Crippen LogP contribution in [0.3, 0.4) is 0 Å². The molecule has 0 bridgehead atoms. The average molecular weight is 717 g/mol. The highest BCUT2D eigenvalue weighted by Gasteiger charge is 2.20. The Morgan fingerprint density at radius 1 is 0.339 bits per heavy atom. The quantitative estimate of drug-likeness (QED) is 0.172. The van der Waals surface area contributed by atoms with E-state index < -0.39 is 0 Å². The van der Waals surface area contributed by atoms with Crippen molar-refractivity contribution in [3.8, 4) is 62.1 Å². The van der Waals surface area contributed by atoms with E-state index in [0.29, 0.717) is 17.5 Å². The molecular weight excluding hydrogens is 685 g/mol. The zero-order chi connectivity index (χ0) is 37.0. The summed E-state index contributed by atoms with van der Waals surface area (Å²) in [4.78, 5) is 15.2. The van der Waals surface area contributed by atoms with Gasteiger partial charge in [-0.1, -0.05) is 170 Å². The Labute approximate surface area is 322 Å². The molecule has 3 aromatic heterocycles. The number of hydrogen-bond acceptors (Lipinski definition) is 4. The van der Waals surface area contributed by atoms with E-state index in [0.717, 1.165) is 77.6 Å². The zero-order valence-corrected chi connectivity index (χ0v) is 30.2. The molecule has 0 unspecified atom stereocenters. The van der Waals surface area contributed by atoms with E-state index in [-0.39, 0.29) is 0 Å². The van der Waals surface area contributed by atoms with Crippen LogP contribution in [0.1, 0.15) is 0 Å². The first-order valence-electron chi connectivity index (χ1n) is 18.8. The van der Waals surface area contributed by atoms with Crippen LogP contribution in [-0.4, -0.2) is 19.5 Å². The minimum atomic E-state index is 0.608. The van der Waals surface area contributed by atoms with E-state index in [1.807, 2.05) is 72.8 Å². The van der Waals surface area contributed by atoms with Gasteiger partial charge in [-0.25, -0.2) is 15.0 Å². The summed E-state index contributed by atoms with van der Waals surface area (Å²) in [7, 11) is 0. The van der Waals surface area contributed by atoms with Crippen LogP contribution in [-0.2, 0) is 0 Å². The third-order valence-corrected chi connectivity index (χ3v) is 10.7. The first-order chi connectivity index (χ1) is 27.8. The maximum absolute atomic E-state index is 6.52. The smallest absolute Gasteiger partial charge is 0.164 e. The number of hydrogen-bond donors (Lipinski definition) is 0. The van der Waals surface area contributed by atoms with E-state index in [1.54, 1.807) is 0 Å². The first-order valence-corrected chi connectivity index (χ1v) is 18.8. The average Bonchev–Trinajstić information content (AvgIpc) is 3.82. The van der Waals surface area contributed by atoms with E-state index in [9.17, 15) is 0 Å². The van der Waals surface area contributed by atoms with Gasteiger partial charge in [0.05, 0.1) is 16.7 Å². The van der Waals surface area contributed by atoms with Gasteiger partial charge in [0, 0.05) is 49.4 Å². The van der Waals surface area contributed by atoms with Crippen molar-refractivity contribution in [1.29, 1.82) is 0 Å². The van der Waals surface area contributed by atoms with E-state index in [2.05, 4.69) is 126 Å². The fraction of sp³-hybridized carbons (Fsp3) is 0. The summed E-state index contributed by atoms with van der Waals surface area (Å²) in [6.07, 6.45) is 0. The van der Waals surface area contributed by atoms with Gasteiger partial charge in [0.25, 0.3) is 0 Å². The highest BCUT2D eigenvalue weighted by Crippen LogP contribution is 2.41. The first kappa shape index (κ1) is 31.9. The fourth-order valence-electron chi connectivity index (χ4n) is 8.03. The normalized spacial score (nSPS) is 11.6. The Morgan fingerprint density at radius 2 is 0.893 bits per heavy atom. The van der Waals surface area contributed by atoms with Crippen molar-refractivity contribution in [2.24, 2.45) is 0 Å². The maximum atomic E-state index is 6.52. The molecule has 56 heavy (non-hydrogen) atoms. The molecular formula is C51H32N4O. The van der Waals surface area contributed by atoms with E-state index >= 15 is 0 Å². The Hall–Kier alpha value is -7.63. The molecule has 3 heterocycles. The van der Waals surface area contributed by atoms with Gasteiger partial charge in [-0.05, 0) is 35.4 Å². The van der Waals surface area contributed by atoms with Crippen LogP contribution in [0.5, 0.6) is 0 Å². The van der Waals surface area contributed by atoms with Crippen LogP contribution in [0.2, 0.25) is 0 Å². The van der Waals surface area contributed by atoms with E-state index in [1.165, 1.54) is 10.8 Å². The lowest BCUT2D eigenvalue weighted by atomic mass is 9.99. The molecule has 0 N–H and O–H groups in total. The molecule has 0 amide bonds. The molecule has 0 fully saturated rings. The zero-order valence-electron chi connectivity index (χ0n) is 30.2. The minimum Gasteiger partial charge on any atom is -0.455 e. The van der Waals surface area contributed by atoms with Gasteiger partial charge < -0.3 is 8.98 Å². The largest absolute Gasteiger partial charge is 0.455 e. The summed E-state index contributed by atoms with van der Waals surface area (Å²) in [5, 5.41) is 4.58. The van der Waals surface area contributed by atoms with Gasteiger partial charge in [0.2, 0.25) is 0 Å². The summed E-state index contributed by atoms with van der Waals surface area (Å²) in [5.41, 5.74) is 12.1. The Kier molecular flexibility index (Phi) is 7.42. The van der Waals surface area contributed by atoms with Crippen molar-refractivity contribution in [2.45, 2.75) is 0 Å². The summed E-state index contributed by atoms with van der Waals surface area (Å²) in [6.45, 7) is 0. The number of furan rings is 1. The summed E-state index contributed by atoms with van der Waals surface area (Å²) in [5.74, 6) is 1.87. The number of benzene rings is 8. The van der Waals surface area contributed by atoms with Crippen molar-refractivity contribution < 1.29 is 4.42 Å².